The lowest BCUT2D eigenvalue weighted by molar-refractivity contribution is 0.533. The number of hydrogen-bond donors (Lipinski definition) is 2. The summed E-state index contributed by atoms with van der Waals surface area (Å²) < 4.78 is 0. The minimum absolute atomic E-state index is 0.464. The Kier molecular flexibility index (Phi) is 5.93. The van der Waals surface area contributed by atoms with Crippen LogP contribution in [0.5, 0.6) is 0 Å². The summed E-state index contributed by atoms with van der Waals surface area (Å²) in [7, 11) is 0. The van der Waals surface area contributed by atoms with E-state index < -0.39 is 0 Å². The Morgan fingerprint density at radius 3 is 2.44 bits per heavy atom. The van der Waals surface area contributed by atoms with Gasteiger partial charge in [0.2, 0.25) is 0 Å². The molecule has 2 nitrogen and oxygen atoms in total. The second-order valence-electron chi connectivity index (χ2n) is 3.99. The van der Waals surface area contributed by atoms with Crippen molar-refractivity contribution in [1.29, 1.82) is 0 Å². The maximum Gasteiger partial charge on any atom is 0.0459 e. The van der Waals surface area contributed by atoms with Crippen LogP contribution in [-0.4, -0.2) is 11.5 Å². The molecule has 0 saturated carbocycles. The molecule has 1 aromatic heterocycles. The third-order valence-electron chi connectivity index (χ3n) is 3.11. The minimum atomic E-state index is 0.464. The van der Waals surface area contributed by atoms with Crippen molar-refractivity contribution in [2.45, 2.75) is 47.1 Å². The van der Waals surface area contributed by atoms with Crippen LogP contribution in [-0.2, 0) is 6.42 Å². The zero-order valence-corrected chi connectivity index (χ0v) is 12.3. The van der Waals surface area contributed by atoms with Crippen LogP contribution in [0, 0.1) is 0 Å². The third-order valence-corrected chi connectivity index (χ3v) is 3.11. The maximum absolute atomic E-state index is 3.50. The SMILES string of the molecule is CC.CC.CC1NCCc2c1[nH]c1ccccc21. The summed E-state index contributed by atoms with van der Waals surface area (Å²) >= 11 is 0. The van der Waals surface area contributed by atoms with Gasteiger partial charge in [-0.05, 0) is 31.5 Å². The molecule has 1 aromatic carbocycles. The van der Waals surface area contributed by atoms with Gasteiger partial charge in [-0.15, -0.1) is 0 Å². The maximum atomic E-state index is 3.50. The summed E-state index contributed by atoms with van der Waals surface area (Å²) in [6, 6.07) is 9.03. The zero-order chi connectivity index (χ0) is 13.5. The molecular weight excluding hydrogens is 220 g/mol. The first-order valence-corrected chi connectivity index (χ1v) is 7.19. The van der Waals surface area contributed by atoms with Crippen LogP contribution in [0.4, 0.5) is 0 Å². The quantitative estimate of drug-likeness (QED) is 0.707. The van der Waals surface area contributed by atoms with Crippen molar-refractivity contribution < 1.29 is 0 Å². The molecule has 0 radical (unpaired) electrons. The van der Waals surface area contributed by atoms with Crippen molar-refractivity contribution >= 4 is 10.9 Å². The number of para-hydroxylation sites is 1. The number of benzene rings is 1. The Morgan fingerprint density at radius 1 is 1.06 bits per heavy atom. The van der Waals surface area contributed by atoms with Crippen LogP contribution >= 0.6 is 0 Å². The van der Waals surface area contributed by atoms with Crippen LogP contribution in [0.2, 0.25) is 0 Å². The van der Waals surface area contributed by atoms with E-state index in [9.17, 15) is 0 Å². The minimum Gasteiger partial charge on any atom is -0.357 e. The normalized spacial score (nSPS) is 17.1. The van der Waals surface area contributed by atoms with Gasteiger partial charge in [-0.1, -0.05) is 45.9 Å². The summed E-state index contributed by atoms with van der Waals surface area (Å²) in [5, 5.41) is 4.87. The predicted molar refractivity (Wildman–Crippen MR) is 81.1 cm³/mol. The Morgan fingerprint density at radius 2 is 1.72 bits per heavy atom. The lowest BCUT2D eigenvalue weighted by Gasteiger charge is -2.20. The fourth-order valence-electron chi connectivity index (χ4n) is 2.38. The highest BCUT2D eigenvalue weighted by Crippen LogP contribution is 2.29. The number of aromatic nitrogens is 1. The van der Waals surface area contributed by atoms with Gasteiger partial charge in [0.1, 0.15) is 0 Å². The molecule has 0 fully saturated rings. The number of fused-ring (bicyclic) bond motifs is 3. The molecule has 2 heterocycles. The molecule has 2 heteroatoms. The van der Waals surface area contributed by atoms with E-state index in [1.165, 1.54) is 22.2 Å². The Hall–Kier alpha value is -1.28. The van der Waals surface area contributed by atoms with Crippen LogP contribution < -0.4 is 5.32 Å². The molecule has 1 unspecified atom stereocenters. The van der Waals surface area contributed by atoms with Crippen molar-refractivity contribution in [2.24, 2.45) is 0 Å². The van der Waals surface area contributed by atoms with E-state index in [-0.39, 0.29) is 0 Å². The van der Waals surface area contributed by atoms with Crippen molar-refractivity contribution in [3.05, 3.63) is 35.5 Å². The molecule has 2 aromatic rings. The molecule has 0 saturated heterocycles. The average Bonchev–Trinajstić information content (AvgIpc) is 2.84. The van der Waals surface area contributed by atoms with Crippen molar-refractivity contribution in [3.8, 4) is 0 Å². The summed E-state index contributed by atoms with van der Waals surface area (Å²) in [6.45, 7) is 11.3. The van der Waals surface area contributed by atoms with Gasteiger partial charge in [0.05, 0.1) is 0 Å². The highest BCUT2D eigenvalue weighted by atomic mass is 15.0. The fraction of sp³-hybridized carbons (Fsp3) is 0.500. The lowest BCUT2D eigenvalue weighted by Crippen LogP contribution is -2.27. The first kappa shape index (κ1) is 14.8. The third kappa shape index (κ3) is 2.75. The van der Waals surface area contributed by atoms with Gasteiger partial charge in [0.25, 0.3) is 0 Å². The largest absolute Gasteiger partial charge is 0.357 e. The van der Waals surface area contributed by atoms with Crippen molar-refractivity contribution in [3.63, 3.8) is 0 Å². The summed E-state index contributed by atoms with van der Waals surface area (Å²) in [6.07, 6.45) is 1.14. The first-order valence-electron chi connectivity index (χ1n) is 7.19. The molecule has 0 bridgehead atoms. The average molecular weight is 246 g/mol. The van der Waals surface area contributed by atoms with Gasteiger partial charge < -0.3 is 10.3 Å². The zero-order valence-electron chi connectivity index (χ0n) is 12.3. The lowest BCUT2D eigenvalue weighted by atomic mass is 10.0. The standard InChI is InChI=1S/C12H14N2.2C2H6/c1-8-12-10(6-7-13-8)9-4-2-3-5-11(9)14-12;2*1-2/h2-5,8,13-14H,6-7H2,1H3;2*1-2H3. The molecular formula is C16H26N2. The summed E-state index contributed by atoms with van der Waals surface area (Å²) in [5.74, 6) is 0. The van der Waals surface area contributed by atoms with E-state index in [4.69, 9.17) is 0 Å². The molecule has 3 rings (SSSR count). The number of nitrogens with one attached hydrogen (secondary N) is 2. The van der Waals surface area contributed by atoms with Crippen molar-refractivity contribution in [2.75, 3.05) is 6.54 Å². The monoisotopic (exact) mass is 246 g/mol. The summed E-state index contributed by atoms with van der Waals surface area (Å²) in [4.78, 5) is 3.50. The topological polar surface area (TPSA) is 27.8 Å². The van der Waals surface area contributed by atoms with E-state index in [1.807, 2.05) is 27.7 Å². The Labute approximate surface area is 111 Å². The van der Waals surface area contributed by atoms with Crippen LogP contribution in [0.25, 0.3) is 10.9 Å². The molecule has 1 atom stereocenters. The van der Waals surface area contributed by atoms with E-state index in [0.717, 1.165) is 13.0 Å². The predicted octanol–water partition coefficient (Wildman–Crippen LogP) is 4.43. The molecule has 0 amide bonds. The van der Waals surface area contributed by atoms with Gasteiger partial charge >= 0.3 is 0 Å². The number of rotatable bonds is 0. The Bertz CT molecular complexity index is 471. The van der Waals surface area contributed by atoms with Gasteiger partial charge in [0, 0.05) is 22.6 Å². The van der Waals surface area contributed by atoms with Gasteiger partial charge in [-0.3, -0.25) is 0 Å². The highest BCUT2D eigenvalue weighted by Gasteiger charge is 2.19. The molecule has 1 aliphatic heterocycles. The van der Waals surface area contributed by atoms with Gasteiger partial charge in [-0.2, -0.15) is 0 Å². The molecule has 18 heavy (non-hydrogen) atoms. The number of hydrogen-bond acceptors (Lipinski definition) is 1. The molecule has 0 aliphatic carbocycles. The van der Waals surface area contributed by atoms with Crippen molar-refractivity contribution in [1.82, 2.24) is 10.3 Å². The van der Waals surface area contributed by atoms with Gasteiger partial charge in [-0.25, -0.2) is 0 Å². The first-order chi connectivity index (χ1) is 8.86. The molecule has 2 N–H and O–H groups in total. The number of aromatic amines is 1. The molecule has 0 spiro atoms. The second-order valence-corrected chi connectivity index (χ2v) is 3.99. The van der Waals surface area contributed by atoms with Crippen LogP contribution in [0.3, 0.4) is 0 Å². The molecule has 1 aliphatic rings. The molecule has 100 valence electrons. The summed E-state index contributed by atoms with van der Waals surface area (Å²) in [5.41, 5.74) is 4.15. The smallest absolute Gasteiger partial charge is 0.0459 e. The number of H-pyrrole nitrogens is 1. The second kappa shape index (κ2) is 7.22. The van der Waals surface area contributed by atoms with E-state index in [2.05, 4.69) is 41.5 Å². The van der Waals surface area contributed by atoms with E-state index in [1.54, 1.807) is 0 Å². The van der Waals surface area contributed by atoms with E-state index in [0.29, 0.717) is 6.04 Å². The fourth-order valence-corrected chi connectivity index (χ4v) is 2.38. The van der Waals surface area contributed by atoms with Crippen LogP contribution in [0.1, 0.15) is 51.9 Å². The Balaban J connectivity index is 0.000000371. The van der Waals surface area contributed by atoms with Crippen LogP contribution in [0.15, 0.2) is 24.3 Å². The van der Waals surface area contributed by atoms with Gasteiger partial charge in [0.15, 0.2) is 0 Å². The van der Waals surface area contributed by atoms with E-state index >= 15 is 0 Å². The highest BCUT2D eigenvalue weighted by molar-refractivity contribution is 5.85.